The monoisotopic (exact) mass is 1100 g/mol. The van der Waals surface area contributed by atoms with Crippen molar-refractivity contribution >= 4 is 11.9 Å². The van der Waals surface area contributed by atoms with E-state index in [2.05, 4.69) is 55.6 Å². The van der Waals surface area contributed by atoms with E-state index in [0.717, 1.165) is 51.4 Å². The quantitative estimate of drug-likeness (QED) is 0.0320. The van der Waals surface area contributed by atoms with Gasteiger partial charge >= 0.3 is 5.97 Å². The van der Waals surface area contributed by atoms with E-state index in [1.54, 1.807) is 0 Å². The molecule has 3 N–H and O–H groups in total. The molecule has 0 bridgehead atoms. The van der Waals surface area contributed by atoms with Gasteiger partial charge in [-0.05, 0) is 83.5 Å². The van der Waals surface area contributed by atoms with Gasteiger partial charge in [0.1, 0.15) is 0 Å². The summed E-state index contributed by atoms with van der Waals surface area (Å²) in [6.45, 7) is 4.96. The van der Waals surface area contributed by atoms with Gasteiger partial charge in [-0.25, -0.2) is 0 Å². The number of allylic oxidation sites excluding steroid dienone is 6. The first-order valence-electron chi connectivity index (χ1n) is 35.2. The molecule has 0 aromatic rings. The van der Waals surface area contributed by atoms with Crippen LogP contribution in [-0.2, 0) is 14.3 Å². The summed E-state index contributed by atoms with van der Waals surface area (Å²) in [6.07, 6.45) is 86.3. The highest BCUT2D eigenvalue weighted by atomic mass is 16.5. The van der Waals surface area contributed by atoms with Gasteiger partial charge in [0.2, 0.25) is 5.91 Å². The highest BCUT2D eigenvalue weighted by molar-refractivity contribution is 5.76. The van der Waals surface area contributed by atoms with E-state index in [4.69, 9.17) is 4.74 Å². The fourth-order valence-electron chi connectivity index (χ4n) is 11.0. The number of unbranched alkanes of at least 4 members (excludes halogenated alkanes) is 49. The molecule has 0 aliphatic heterocycles. The molecule has 0 aromatic carbocycles. The average molecular weight is 1100 g/mol. The lowest BCUT2D eigenvalue weighted by Gasteiger charge is -2.22. The minimum atomic E-state index is -0.661. The zero-order valence-corrected chi connectivity index (χ0v) is 52.7. The number of rotatable bonds is 66. The molecule has 0 saturated heterocycles. The number of nitrogens with one attached hydrogen (secondary N) is 1. The maximum atomic E-state index is 12.5. The maximum Gasteiger partial charge on any atom is 0.305 e. The van der Waals surface area contributed by atoms with Crippen LogP contribution in [0.1, 0.15) is 386 Å². The minimum Gasteiger partial charge on any atom is -0.466 e. The second kappa shape index (κ2) is 67.6. The Morgan fingerprint density at radius 1 is 0.359 bits per heavy atom. The number of amides is 1. The molecular formula is C72H137NO5. The molecule has 78 heavy (non-hydrogen) atoms. The van der Waals surface area contributed by atoms with Crippen molar-refractivity contribution in [1.82, 2.24) is 5.32 Å². The van der Waals surface area contributed by atoms with Crippen LogP contribution in [-0.4, -0.2) is 47.4 Å². The van der Waals surface area contributed by atoms with Crippen LogP contribution in [0.3, 0.4) is 0 Å². The van der Waals surface area contributed by atoms with Crippen molar-refractivity contribution in [1.29, 1.82) is 0 Å². The molecule has 0 spiro atoms. The van der Waals surface area contributed by atoms with Crippen molar-refractivity contribution in [2.75, 3.05) is 13.2 Å². The Morgan fingerprint density at radius 2 is 0.641 bits per heavy atom. The van der Waals surface area contributed by atoms with Crippen molar-refractivity contribution in [3.8, 4) is 0 Å². The van der Waals surface area contributed by atoms with Crippen LogP contribution in [0.5, 0.6) is 0 Å². The van der Waals surface area contributed by atoms with Crippen LogP contribution < -0.4 is 5.32 Å². The second-order valence-corrected chi connectivity index (χ2v) is 24.2. The molecule has 0 fully saturated rings. The van der Waals surface area contributed by atoms with Gasteiger partial charge in [-0.1, -0.05) is 326 Å². The van der Waals surface area contributed by atoms with Gasteiger partial charge in [-0.3, -0.25) is 9.59 Å². The highest BCUT2D eigenvalue weighted by Crippen LogP contribution is 2.18. The van der Waals surface area contributed by atoms with Crippen LogP contribution in [0.4, 0.5) is 0 Å². The van der Waals surface area contributed by atoms with Crippen LogP contribution in [0.25, 0.3) is 0 Å². The van der Waals surface area contributed by atoms with Crippen molar-refractivity contribution in [3.05, 3.63) is 36.5 Å². The zero-order valence-electron chi connectivity index (χ0n) is 52.7. The molecule has 6 nitrogen and oxygen atoms in total. The molecule has 0 aliphatic carbocycles. The van der Waals surface area contributed by atoms with Gasteiger partial charge in [-0.2, -0.15) is 0 Å². The summed E-state index contributed by atoms with van der Waals surface area (Å²) in [5.41, 5.74) is 0. The lowest BCUT2D eigenvalue weighted by molar-refractivity contribution is -0.143. The molecule has 0 heterocycles. The molecule has 0 aliphatic rings. The SMILES string of the molecule is CCCCCCC/C=C\CCCCCCCC(=O)OCCCCCCCCCCCCC/C=C\C/C=C\CCCCCCCCCCCCCCCCCCCC(=O)NC(CO)C(O)CCCCCCCCCCCCCC. The fourth-order valence-corrected chi connectivity index (χ4v) is 11.0. The van der Waals surface area contributed by atoms with Gasteiger partial charge < -0.3 is 20.3 Å². The number of aliphatic hydroxyl groups is 2. The molecule has 2 atom stereocenters. The van der Waals surface area contributed by atoms with Gasteiger partial charge in [0.15, 0.2) is 0 Å². The number of hydrogen-bond donors (Lipinski definition) is 3. The van der Waals surface area contributed by atoms with E-state index in [0.29, 0.717) is 25.9 Å². The first kappa shape index (κ1) is 76.1. The smallest absolute Gasteiger partial charge is 0.305 e. The lowest BCUT2D eigenvalue weighted by Crippen LogP contribution is -2.45. The molecule has 460 valence electrons. The summed E-state index contributed by atoms with van der Waals surface area (Å²) in [4.78, 5) is 24.5. The van der Waals surface area contributed by atoms with Gasteiger partial charge in [0, 0.05) is 12.8 Å². The van der Waals surface area contributed by atoms with E-state index in [1.807, 2.05) is 0 Å². The number of aliphatic hydroxyl groups excluding tert-OH is 2. The second-order valence-electron chi connectivity index (χ2n) is 24.2. The summed E-state index contributed by atoms with van der Waals surface area (Å²) in [5.74, 6) is -0.0231. The first-order valence-corrected chi connectivity index (χ1v) is 35.2. The third-order valence-corrected chi connectivity index (χ3v) is 16.4. The van der Waals surface area contributed by atoms with Crippen molar-refractivity contribution in [3.63, 3.8) is 0 Å². The Balaban J connectivity index is 3.35. The lowest BCUT2D eigenvalue weighted by atomic mass is 10.0. The standard InChI is InChI=1S/C72H137NO5/c1-3-5-7-9-11-13-15-17-42-46-50-54-58-62-66-72(77)78-67-63-59-55-51-47-43-40-38-36-34-32-30-28-26-24-22-20-18-19-21-23-25-27-29-31-33-35-37-39-41-45-49-53-57-61-65-71(76)73-69(68-74)70(75)64-60-56-52-48-44-16-14-12-10-8-6-4-2/h15,17,20,22,26,28,69-70,74-75H,3-14,16,18-19,21,23-25,27,29-68H2,1-2H3,(H,73,76)/b17-15-,22-20-,28-26-. The van der Waals surface area contributed by atoms with Gasteiger partial charge in [0.05, 0.1) is 25.4 Å². The first-order chi connectivity index (χ1) is 38.5. The number of esters is 1. The van der Waals surface area contributed by atoms with Gasteiger partial charge in [-0.15, -0.1) is 0 Å². The molecule has 0 radical (unpaired) electrons. The third kappa shape index (κ3) is 63.3. The Kier molecular flexibility index (Phi) is 65.9. The Labute approximate surface area is 487 Å². The van der Waals surface area contributed by atoms with E-state index in [9.17, 15) is 19.8 Å². The third-order valence-electron chi connectivity index (χ3n) is 16.4. The van der Waals surface area contributed by atoms with E-state index >= 15 is 0 Å². The topological polar surface area (TPSA) is 95.9 Å². The van der Waals surface area contributed by atoms with E-state index in [1.165, 1.54) is 302 Å². The van der Waals surface area contributed by atoms with E-state index in [-0.39, 0.29) is 18.5 Å². The predicted octanol–water partition coefficient (Wildman–Crippen LogP) is 22.7. The Morgan fingerprint density at radius 3 is 0.987 bits per heavy atom. The number of carbonyl (C=O) groups excluding carboxylic acids is 2. The summed E-state index contributed by atoms with van der Waals surface area (Å²) in [7, 11) is 0. The van der Waals surface area contributed by atoms with Gasteiger partial charge in [0.25, 0.3) is 0 Å². The summed E-state index contributed by atoms with van der Waals surface area (Å²) in [6, 6.07) is -0.539. The average Bonchev–Trinajstić information content (AvgIpc) is 3.44. The largest absolute Gasteiger partial charge is 0.466 e. The summed E-state index contributed by atoms with van der Waals surface area (Å²) < 4.78 is 5.48. The van der Waals surface area contributed by atoms with Crippen molar-refractivity contribution in [2.45, 2.75) is 398 Å². The number of ether oxygens (including phenoxy) is 1. The van der Waals surface area contributed by atoms with Crippen LogP contribution >= 0.6 is 0 Å². The molecule has 2 unspecified atom stereocenters. The molecule has 0 saturated carbocycles. The Bertz CT molecular complexity index is 1260. The Hall–Kier alpha value is -1.92. The number of hydrogen-bond acceptors (Lipinski definition) is 5. The van der Waals surface area contributed by atoms with Crippen molar-refractivity contribution < 1.29 is 24.5 Å². The summed E-state index contributed by atoms with van der Waals surface area (Å²) in [5, 5.41) is 23.3. The molecule has 0 aromatic heterocycles. The maximum absolute atomic E-state index is 12.5. The van der Waals surface area contributed by atoms with E-state index < -0.39 is 12.1 Å². The minimum absolute atomic E-state index is 0.00844. The molecule has 6 heteroatoms. The molecule has 0 rings (SSSR count). The molecule has 1 amide bonds. The number of carbonyl (C=O) groups is 2. The molecular weight excluding hydrogens is 959 g/mol. The van der Waals surface area contributed by atoms with Crippen LogP contribution in [0.15, 0.2) is 36.5 Å². The van der Waals surface area contributed by atoms with Crippen LogP contribution in [0, 0.1) is 0 Å². The normalized spacial score (nSPS) is 12.7. The van der Waals surface area contributed by atoms with Crippen LogP contribution in [0.2, 0.25) is 0 Å². The summed E-state index contributed by atoms with van der Waals surface area (Å²) >= 11 is 0. The van der Waals surface area contributed by atoms with Crippen molar-refractivity contribution in [2.24, 2.45) is 0 Å². The highest BCUT2D eigenvalue weighted by Gasteiger charge is 2.20. The predicted molar refractivity (Wildman–Crippen MR) is 343 cm³/mol. The fraction of sp³-hybridized carbons (Fsp3) is 0.889. The zero-order chi connectivity index (χ0) is 56.4.